The number of carbonyl (C=O) groups is 1. The van der Waals surface area contributed by atoms with Crippen molar-refractivity contribution in [1.82, 2.24) is 14.7 Å². The maximum absolute atomic E-state index is 12.6. The van der Waals surface area contributed by atoms with Gasteiger partial charge in [0.15, 0.2) is 0 Å². The molecule has 25 heavy (non-hydrogen) atoms. The Morgan fingerprint density at radius 1 is 1.20 bits per heavy atom. The second-order valence-corrected chi connectivity index (χ2v) is 6.36. The number of allylic oxidation sites excluding steroid dienone is 5. The van der Waals surface area contributed by atoms with E-state index in [1.54, 1.807) is 36.9 Å². The fourth-order valence-electron chi connectivity index (χ4n) is 2.08. The quantitative estimate of drug-likeness (QED) is 0.806. The van der Waals surface area contributed by atoms with Crippen molar-refractivity contribution in [3.8, 4) is 0 Å². The van der Waals surface area contributed by atoms with Crippen molar-refractivity contribution in [2.45, 2.75) is 54.0 Å². The maximum Gasteiger partial charge on any atom is 0.319 e. The summed E-state index contributed by atoms with van der Waals surface area (Å²) in [6, 6.07) is -0.399. The lowest BCUT2D eigenvalue weighted by molar-refractivity contribution is 0.244. The first-order valence-electron chi connectivity index (χ1n) is 8.42. The third-order valence-corrected chi connectivity index (χ3v) is 3.20. The normalized spacial score (nSPS) is 11.8. The number of amides is 2. The van der Waals surface area contributed by atoms with Gasteiger partial charge in [0.05, 0.1) is 5.69 Å². The van der Waals surface area contributed by atoms with Gasteiger partial charge in [0.1, 0.15) is 5.69 Å². The lowest BCUT2D eigenvalue weighted by Crippen LogP contribution is -2.43. The Labute approximate surface area is 150 Å². The number of hydrogen-bond donors (Lipinski definition) is 2. The molecule has 1 aromatic heterocycles. The number of aromatic nitrogens is 2. The van der Waals surface area contributed by atoms with Crippen molar-refractivity contribution >= 4 is 17.4 Å². The molecule has 2 N–H and O–H groups in total. The van der Waals surface area contributed by atoms with E-state index in [-0.39, 0.29) is 16.8 Å². The first-order valence-corrected chi connectivity index (χ1v) is 8.42. The Bertz CT molecular complexity index is 713. The Morgan fingerprint density at radius 2 is 1.76 bits per heavy atom. The molecule has 6 nitrogen and oxygen atoms in total. The molecule has 0 aliphatic heterocycles. The van der Waals surface area contributed by atoms with Crippen LogP contribution in [0.5, 0.6) is 0 Å². The standard InChI is InChI=1S/C17H26N4O2.C2H6/c1-8-9-10-11-12(2)21-15(22)14(13(3)20(21)7)18-16(23)19-17(4,5)6;1-2/h8-11H,1H2,2-7H3,(H2,18,19,23);1-2H3/b10-9-,12-11+;. The van der Waals surface area contributed by atoms with Crippen LogP contribution in [0.2, 0.25) is 0 Å². The predicted octanol–water partition coefficient (Wildman–Crippen LogP) is 4.04. The third kappa shape index (κ3) is 6.49. The van der Waals surface area contributed by atoms with E-state index in [9.17, 15) is 9.59 Å². The van der Waals surface area contributed by atoms with Gasteiger partial charge in [-0.1, -0.05) is 38.7 Å². The van der Waals surface area contributed by atoms with E-state index in [1.807, 2.05) is 47.6 Å². The van der Waals surface area contributed by atoms with E-state index in [4.69, 9.17) is 0 Å². The molecule has 0 atom stereocenters. The lowest BCUT2D eigenvalue weighted by atomic mass is 10.1. The zero-order valence-corrected chi connectivity index (χ0v) is 16.7. The average molecular weight is 348 g/mol. The first kappa shape index (κ1) is 22.5. The Hall–Kier alpha value is -2.50. The van der Waals surface area contributed by atoms with Crippen molar-refractivity contribution in [3.63, 3.8) is 0 Å². The topological polar surface area (TPSA) is 68.1 Å². The van der Waals surface area contributed by atoms with E-state index in [0.29, 0.717) is 5.69 Å². The van der Waals surface area contributed by atoms with Crippen LogP contribution in [0.25, 0.3) is 5.70 Å². The summed E-state index contributed by atoms with van der Waals surface area (Å²) in [5.74, 6) is 0. The minimum Gasteiger partial charge on any atom is -0.333 e. The smallest absolute Gasteiger partial charge is 0.319 e. The molecule has 0 saturated carbocycles. The molecule has 0 radical (unpaired) electrons. The molecule has 2 amide bonds. The van der Waals surface area contributed by atoms with Crippen LogP contribution in [0.4, 0.5) is 10.5 Å². The zero-order chi connectivity index (χ0) is 19.8. The Balaban J connectivity index is 0.00000277. The number of hydrogen-bond acceptors (Lipinski definition) is 2. The molecule has 140 valence electrons. The van der Waals surface area contributed by atoms with Crippen molar-refractivity contribution < 1.29 is 4.79 Å². The van der Waals surface area contributed by atoms with Gasteiger partial charge in [-0.3, -0.25) is 9.48 Å². The number of rotatable bonds is 4. The summed E-state index contributed by atoms with van der Waals surface area (Å²) in [7, 11) is 1.78. The van der Waals surface area contributed by atoms with Crippen LogP contribution in [-0.4, -0.2) is 20.9 Å². The van der Waals surface area contributed by atoms with Gasteiger partial charge in [-0.05, 0) is 40.7 Å². The summed E-state index contributed by atoms with van der Waals surface area (Å²) in [6.45, 7) is 16.8. The molecule has 0 spiro atoms. The van der Waals surface area contributed by atoms with Gasteiger partial charge in [-0.15, -0.1) is 0 Å². The summed E-state index contributed by atoms with van der Waals surface area (Å²) in [4.78, 5) is 24.6. The second kappa shape index (κ2) is 9.71. The van der Waals surface area contributed by atoms with E-state index in [2.05, 4.69) is 17.2 Å². The summed E-state index contributed by atoms with van der Waals surface area (Å²) >= 11 is 0. The number of urea groups is 1. The van der Waals surface area contributed by atoms with E-state index < -0.39 is 6.03 Å². The minimum absolute atomic E-state index is 0.269. The van der Waals surface area contributed by atoms with Gasteiger partial charge in [0.25, 0.3) is 5.56 Å². The van der Waals surface area contributed by atoms with Crippen LogP contribution in [0.15, 0.2) is 35.7 Å². The maximum atomic E-state index is 12.6. The molecule has 0 fully saturated rings. The molecule has 0 unspecified atom stereocenters. The monoisotopic (exact) mass is 348 g/mol. The largest absolute Gasteiger partial charge is 0.333 e. The minimum atomic E-state index is -0.399. The van der Waals surface area contributed by atoms with Crippen molar-refractivity contribution in [3.05, 3.63) is 46.9 Å². The zero-order valence-electron chi connectivity index (χ0n) is 16.7. The molecular weight excluding hydrogens is 316 g/mol. The first-order chi connectivity index (χ1) is 11.6. The molecule has 0 bridgehead atoms. The van der Waals surface area contributed by atoms with Gasteiger partial charge in [-0.25, -0.2) is 9.48 Å². The third-order valence-electron chi connectivity index (χ3n) is 3.20. The molecule has 1 aromatic rings. The molecule has 1 rings (SSSR count). The summed E-state index contributed by atoms with van der Waals surface area (Å²) in [5, 5.41) is 5.43. The molecule has 0 aliphatic carbocycles. The number of carbonyl (C=O) groups excluding carboxylic acids is 1. The fraction of sp³-hybridized carbons (Fsp3) is 0.474. The highest BCUT2D eigenvalue weighted by Crippen LogP contribution is 2.13. The van der Waals surface area contributed by atoms with Crippen LogP contribution in [-0.2, 0) is 7.05 Å². The highest BCUT2D eigenvalue weighted by atomic mass is 16.2. The van der Waals surface area contributed by atoms with Crippen molar-refractivity contribution in [2.75, 3.05) is 5.32 Å². The van der Waals surface area contributed by atoms with Crippen LogP contribution >= 0.6 is 0 Å². The number of anilines is 1. The van der Waals surface area contributed by atoms with Crippen molar-refractivity contribution in [1.29, 1.82) is 0 Å². The number of nitrogens with zero attached hydrogens (tertiary/aromatic N) is 2. The van der Waals surface area contributed by atoms with Crippen LogP contribution in [0.3, 0.4) is 0 Å². The van der Waals surface area contributed by atoms with Crippen LogP contribution < -0.4 is 16.2 Å². The van der Waals surface area contributed by atoms with Crippen molar-refractivity contribution in [2.24, 2.45) is 7.05 Å². The van der Waals surface area contributed by atoms with Gasteiger partial charge in [0.2, 0.25) is 0 Å². The van der Waals surface area contributed by atoms with Crippen LogP contribution in [0, 0.1) is 6.92 Å². The highest BCUT2D eigenvalue weighted by molar-refractivity contribution is 5.90. The van der Waals surface area contributed by atoms with Gasteiger partial charge in [0, 0.05) is 18.3 Å². The summed E-state index contributed by atoms with van der Waals surface area (Å²) < 4.78 is 3.22. The van der Waals surface area contributed by atoms with Gasteiger partial charge >= 0.3 is 6.03 Å². The van der Waals surface area contributed by atoms with E-state index in [1.165, 1.54) is 4.68 Å². The molecule has 0 saturated heterocycles. The molecule has 0 aliphatic rings. The van der Waals surface area contributed by atoms with E-state index >= 15 is 0 Å². The fourth-order valence-corrected chi connectivity index (χ4v) is 2.08. The summed E-state index contributed by atoms with van der Waals surface area (Å²) in [6.07, 6.45) is 7.05. The van der Waals surface area contributed by atoms with Gasteiger partial charge < -0.3 is 10.6 Å². The second-order valence-electron chi connectivity index (χ2n) is 6.36. The lowest BCUT2D eigenvalue weighted by Gasteiger charge is -2.20. The highest BCUT2D eigenvalue weighted by Gasteiger charge is 2.20. The summed E-state index contributed by atoms with van der Waals surface area (Å²) in [5.41, 5.74) is 1.05. The molecular formula is C19H32N4O2. The van der Waals surface area contributed by atoms with E-state index in [0.717, 1.165) is 5.70 Å². The predicted molar refractivity (Wildman–Crippen MR) is 107 cm³/mol. The molecule has 0 aromatic carbocycles. The molecule has 1 heterocycles. The molecule has 6 heteroatoms. The van der Waals surface area contributed by atoms with Gasteiger partial charge in [-0.2, -0.15) is 0 Å². The van der Waals surface area contributed by atoms with Crippen LogP contribution in [0.1, 0.15) is 47.2 Å². The number of nitrogens with one attached hydrogen (secondary N) is 2. The Kier molecular flexibility index (Phi) is 8.74. The Morgan fingerprint density at radius 3 is 2.24 bits per heavy atom. The SMILES string of the molecule is C=C/C=C\C=C(/C)n1c(=O)c(NC(=O)NC(C)(C)C)c(C)n1C.CC. The average Bonchev–Trinajstić information content (AvgIpc) is 2.71.